The van der Waals surface area contributed by atoms with E-state index in [1.54, 1.807) is 6.92 Å². The largest absolute Gasteiger partial charge is 0.453 e. The van der Waals surface area contributed by atoms with Crippen molar-refractivity contribution in [1.29, 1.82) is 0 Å². The van der Waals surface area contributed by atoms with Gasteiger partial charge in [-0.15, -0.1) is 0 Å². The Bertz CT molecular complexity index is 559. The van der Waals surface area contributed by atoms with E-state index in [4.69, 9.17) is 4.74 Å². The van der Waals surface area contributed by atoms with Crippen LogP contribution in [0.5, 0.6) is 0 Å². The second kappa shape index (κ2) is 8.43. The van der Waals surface area contributed by atoms with E-state index in [1.165, 1.54) is 5.56 Å². The van der Waals surface area contributed by atoms with Gasteiger partial charge in [0.1, 0.15) is 6.04 Å². The number of aryl methyl sites for hydroxylation is 1. The normalized spacial score (nSPS) is 17.7. The molecular formula is C20H29NO3. The summed E-state index contributed by atoms with van der Waals surface area (Å²) >= 11 is 0. The quantitative estimate of drug-likeness (QED) is 0.567. The smallest absolute Gasteiger partial charge is 0.324 e. The van der Waals surface area contributed by atoms with E-state index < -0.39 is 6.10 Å². The number of nitrogens with zero attached hydrogens (tertiary/aromatic N) is 1. The summed E-state index contributed by atoms with van der Waals surface area (Å²) in [5, 5.41) is 0. The maximum absolute atomic E-state index is 12.6. The minimum Gasteiger partial charge on any atom is -0.453 e. The Morgan fingerprint density at radius 2 is 1.67 bits per heavy atom. The molecule has 0 saturated carbocycles. The van der Waals surface area contributed by atoms with Crippen LogP contribution in [0.15, 0.2) is 24.3 Å². The van der Waals surface area contributed by atoms with E-state index in [0.29, 0.717) is 5.56 Å². The number of esters is 1. The number of carbonyl (C=O) groups is 2. The Balaban J connectivity index is 2.01. The van der Waals surface area contributed by atoms with E-state index in [2.05, 4.69) is 11.8 Å². The molecule has 0 unspecified atom stereocenters. The molecule has 0 amide bonds. The maximum atomic E-state index is 12.6. The predicted molar refractivity (Wildman–Crippen MR) is 95.1 cm³/mol. The fourth-order valence-corrected chi connectivity index (χ4v) is 3.30. The average molecular weight is 331 g/mol. The summed E-state index contributed by atoms with van der Waals surface area (Å²) in [4.78, 5) is 27.3. The van der Waals surface area contributed by atoms with Gasteiger partial charge in [-0.05, 0) is 50.8 Å². The van der Waals surface area contributed by atoms with Crippen LogP contribution in [0.3, 0.4) is 0 Å². The van der Waals surface area contributed by atoms with Crippen LogP contribution in [0.25, 0.3) is 0 Å². The van der Waals surface area contributed by atoms with Crippen LogP contribution < -0.4 is 0 Å². The lowest BCUT2D eigenvalue weighted by atomic mass is 10.0. The van der Waals surface area contributed by atoms with Gasteiger partial charge in [-0.25, -0.2) is 0 Å². The Kier molecular flexibility index (Phi) is 6.55. The molecule has 2 rings (SSSR count). The third kappa shape index (κ3) is 4.44. The molecule has 0 bridgehead atoms. The number of ether oxygens (including phenoxy) is 1. The minimum atomic E-state index is -0.756. The minimum absolute atomic E-state index is 0.144. The van der Waals surface area contributed by atoms with Gasteiger partial charge in [0.15, 0.2) is 6.10 Å². The van der Waals surface area contributed by atoms with Gasteiger partial charge in [0.05, 0.1) is 0 Å². The fourth-order valence-electron chi connectivity index (χ4n) is 3.30. The number of hydrogen-bond donors (Lipinski definition) is 0. The maximum Gasteiger partial charge on any atom is 0.324 e. The second-order valence-electron chi connectivity index (χ2n) is 6.93. The highest BCUT2D eigenvalue weighted by molar-refractivity contribution is 6.00. The molecule has 1 aromatic carbocycles. The summed E-state index contributed by atoms with van der Waals surface area (Å²) in [7, 11) is 0. The molecule has 1 fully saturated rings. The molecule has 1 aromatic rings. The lowest BCUT2D eigenvalue weighted by molar-refractivity contribution is -0.154. The Hall–Kier alpha value is -1.68. The summed E-state index contributed by atoms with van der Waals surface area (Å²) in [6.45, 7) is 9.65. The molecule has 1 aliphatic rings. The molecule has 1 saturated heterocycles. The third-order valence-corrected chi connectivity index (χ3v) is 4.72. The Morgan fingerprint density at radius 3 is 2.17 bits per heavy atom. The number of carbonyl (C=O) groups excluding carboxylic acids is 2. The van der Waals surface area contributed by atoms with Crippen LogP contribution in [-0.2, 0) is 16.0 Å². The molecule has 2 atom stereocenters. The number of rotatable bonds is 7. The lowest BCUT2D eigenvalue weighted by Crippen LogP contribution is -2.45. The SMILES string of the molecule is CCc1ccc(C(=O)[C@@H](C)OC(=O)[C@H](C(C)C)N2CCCC2)cc1. The second-order valence-corrected chi connectivity index (χ2v) is 6.93. The zero-order valence-electron chi connectivity index (χ0n) is 15.2. The van der Waals surface area contributed by atoms with E-state index in [-0.39, 0.29) is 23.7 Å². The van der Waals surface area contributed by atoms with Gasteiger partial charge in [-0.3, -0.25) is 14.5 Å². The van der Waals surface area contributed by atoms with Crippen molar-refractivity contribution < 1.29 is 14.3 Å². The highest BCUT2D eigenvalue weighted by Gasteiger charge is 2.33. The first-order valence-corrected chi connectivity index (χ1v) is 9.01. The van der Waals surface area contributed by atoms with Crippen LogP contribution in [0.4, 0.5) is 0 Å². The van der Waals surface area contributed by atoms with Gasteiger partial charge in [0.2, 0.25) is 5.78 Å². The summed E-state index contributed by atoms with van der Waals surface area (Å²) in [5.41, 5.74) is 1.78. The molecule has 4 heteroatoms. The number of benzene rings is 1. The Labute approximate surface area is 145 Å². The van der Waals surface area contributed by atoms with E-state index in [1.807, 2.05) is 38.1 Å². The first kappa shape index (κ1) is 18.7. The molecule has 0 aromatic heterocycles. The fraction of sp³-hybridized carbons (Fsp3) is 0.600. The van der Waals surface area contributed by atoms with Crippen molar-refractivity contribution in [3.05, 3.63) is 35.4 Å². The van der Waals surface area contributed by atoms with Crippen molar-refractivity contribution in [2.24, 2.45) is 5.92 Å². The summed E-state index contributed by atoms with van der Waals surface area (Å²) in [6, 6.07) is 7.26. The third-order valence-electron chi connectivity index (χ3n) is 4.72. The molecule has 0 radical (unpaired) electrons. The average Bonchev–Trinajstić information content (AvgIpc) is 3.07. The van der Waals surface area contributed by atoms with Crippen LogP contribution in [0.2, 0.25) is 0 Å². The van der Waals surface area contributed by atoms with Crippen LogP contribution in [-0.4, -0.2) is 41.9 Å². The van der Waals surface area contributed by atoms with E-state index in [9.17, 15) is 9.59 Å². The van der Waals surface area contributed by atoms with Crippen LogP contribution in [0, 0.1) is 5.92 Å². The van der Waals surface area contributed by atoms with Crippen LogP contribution in [0.1, 0.15) is 56.5 Å². The molecule has 1 heterocycles. The summed E-state index contributed by atoms with van der Waals surface area (Å²) < 4.78 is 5.53. The van der Waals surface area contributed by atoms with Crippen LogP contribution >= 0.6 is 0 Å². The van der Waals surface area contributed by atoms with Crippen molar-refractivity contribution in [3.8, 4) is 0 Å². The number of likely N-dealkylation sites (tertiary alicyclic amines) is 1. The zero-order chi connectivity index (χ0) is 17.7. The molecular weight excluding hydrogens is 302 g/mol. The molecule has 0 aliphatic carbocycles. The molecule has 1 aliphatic heterocycles. The summed E-state index contributed by atoms with van der Waals surface area (Å²) in [6.07, 6.45) is 2.42. The van der Waals surface area contributed by atoms with E-state index in [0.717, 1.165) is 32.4 Å². The van der Waals surface area contributed by atoms with E-state index >= 15 is 0 Å². The van der Waals surface area contributed by atoms with Crippen molar-refractivity contribution in [2.75, 3.05) is 13.1 Å². The van der Waals surface area contributed by atoms with Crippen molar-refractivity contribution in [2.45, 2.75) is 59.1 Å². The highest BCUT2D eigenvalue weighted by Crippen LogP contribution is 2.20. The van der Waals surface area contributed by atoms with Gasteiger partial charge in [0.25, 0.3) is 0 Å². The number of Topliss-reactive ketones (excluding diaryl/α,β-unsaturated/α-hetero) is 1. The molecule has 24 heavy (non-hydrogen) atoms. The van der Waals surface area contributed by atoms with Gasteiger partial charge in [-0.1, -0.05) is 45.0 Å². The first-order chi connectivity index (χ1) is 11.4. The summed E-state index contributed by atoms with van der Waals surface area (Å²) in [5.74, 6) is -0.255. The van der Waals surface area contributed by atoms with Gasteiger partial charge in [-0.2, -0.15) is 0 Å². The lowest BCUT2D eigenvalue weighted by Gasteiger charge is -2.29. The molecule has 0 spiro atoms. The molecule has 4 nitrogen and oxygen atoms in total. The zero-order valence-corrected chi connectivity index (χ0v) is 15.2. The van der Waals surface area contributed by atoms with Crippen molar-refractivity contribution >= 4 is 11.8 Å². The number of ketones is 1. The molecule has 0 N–H and O–H groups in total. The predicted octanol–water partition coefficient (Wildman–Crippen LogP) is 3.48. The van der Waals surface area contributed by atoms with Gasteiger partial charge < -0.3 is 4.74 Å². The Morgan fingerprint density at radius 1 is 1.08 bits per heavy atom. The van der Waals surface area contributed by atoms with Gasteiger partial charge in [0, 0.05) is 5.56 Å². The standard InChI is InChI=1S/C20H29NO3/c1-5-16-8-10-17(11-9-16)19(22)15(4)24-20(23)18(14(2)3)21-12-6-7-13-21/h8-11,14-15,18H,5-7,12-13H2,1-4H3/t15-,18+/m1/s1. The molecule has 132 valence electrons. The van der Waals surface area contributed by atoms with Crippen molar-refractivity contribution in [1.82, 2.24) is 4.90 Å². The van der Waals surface area contributed by atoms with Crippen molar-refractivity contribution in [3.63, 3.8) is 0 Å². The number of hydrogen-bond acceptors (Lipinski definition) is 4. The first-order valence-electron chi connectivity index (χ1n) is 9.01. The highest BCUT2D eigenvalue weighted by atomic mass is 16.5. The van der Waals surface area contributed by atoms with Gasteiger partial charge >= 0.3 is 5.97 Å². The topological polar surface area (TPSA) is 46.6 Å². The monoisotopic (exact) mass is 331 g/mol.